The minimum atomic E-state index is 0.527. The summed E-state index contributed by atoms with van der Waals surface area (Å²) in [6.07, 6.45) is 3.68. The molecule has 0 bridgehead atoms. The Hall–Kier alpha value is -1.55. The van der Waals surface area contributed by atoms with Crippen LogP contribution in [0.5, 0.6) is 0 Å². The number of guanidine groups is 1. The summed E-state index contributed by atoms with van der Waals surface area (Å²) in [5, 5.41) is 0. The van der Waals surface area contributed by atoms with Crippen LogP contribution in [0.15, 0.2) is 29.3 Å². The normalized spacial score (nSPS) is 23.5. The number of hydrogen-bond acceptors (Lipinski definition) is 2. The predicted molar refractivity (Wildman–Crippen MR) is 81.0 cm³/mol. The number of aryl methyl sites for hydroxylation is 1. The van der Waals surface area contributed by atoms with Crippen molar-refractivity contribution in [2.24, 2.45) is 10.7 Å². The lowest BCUT2D eigenvalue weighted by atomic mass is 9.83. The van der Waals surface area contributed by atoms with E-state index < -0.39 is 0 Å². The van der Waals surface area contributed by atoms with Crippen molar-refractivity contribution in [1.82, 2.24) is 4.90 Å². The molecule has 2 aliphatic rings. The highest BCUT2D eigenvalue weighted by molar-refractivity contribution is 5.78. The second-order valence-corrected chi connectivity index (χ2v) is 5.59. The second kappa shape index (κ2) is 6.27. The molecule has 1 atom stereocenters. The molecule has 20 heavy (non-hydrogen) atoms. The van der Waals surface area contributed by atoms with E-state index in [4.69, 9.17) is 10.5 Å². The Morgan fingerprint density at radius 3 is 2.95 bits per heavy atom. The van der Waals surface area contributed by atoms with Crippen molar-refractivity contribution >= 4 is 5.96 Å². The Morgan fingerprint density at radius 2 is 2.10 bits per heavy atom. The van der Waals surface area contributed by atoms with Crippen molar-refractivity contribution in [2.45, 2.75) is 25.2 Å². The number of ether oxygens (including phenoxy) is 1. The van der Waals surface area contributed by atoms with E-state index in [9.17, 15) is 0 Å². The molecular weight excluding hydrogens is 250 g/mol. The van der Waals surface area contributed by atoms with Crippen LogP contribution in [0.1, 0.15) is 29.9 Å². The van der Waals surface area contributed by atoms with Gasteiger partial charge in [-0.05, 0) is 30.4 Å². The highest BCUT2D eigenvalue weighted by Gasteiger charge is 2.20. The molecule has 1 aromatic rings. The molecule has 1 unspecified atom stereocenters. The van der Waals surface area contributed by atoms with Gasteiger partial charge in [0.15, 0.2) is 5.96 Å². The summed E-state index contributed by atoms with van der Waals surface area (Å²) in [6, 6.07) is 8.76. The van der Waals surface area contributed by atoms with Gasteiger partial charge < -0.3 is 15.4 Å². The standard InChI is InChI=1S/C16H23N3O/c17-16(19-8-10-20-11-9-19)18-12-14-6-3-5-13-4-1-2-7-15(13)14/h1-2,4,7,14H,3,5-6,8-12H2,(H2,17,18). The molecule has 1 aliphatic carbocycles. The molecule has 4 heteroatoms. The second-order valence-electron chi connectivity index (χ2n) is 5.59. The van der Waals surface area contributed by atoms with E-state index in [0.717, 1.165) is 32.8 Å². The van der Waals surface area contributed by atoms with Crippen molar-refractivity contribution < 1.29 is 4.74 Å². The van der Waals surface area contributed by atoms with Crippen LogP contribution in [0, 0.1) is 0 Å². The average Bonchev–Trinajstić information content (AvgIpc) is 2.53. The zero-order valence-electron chi connectivity index (χ0n) is 11.9. The number of rotatable bonds is 2. The molecule has 2 N–H and O–H groups in total. The van der Waals surface area contributed by atoms with Crippen molar-refractivity contribution in [1.29, 1.82) is 0 Å². The van der Waals surface area contributed by atoms with Crippen LogP contribution >= 0.6 is 0 Å². The number of nitrogens with two attached hydrogens (primary N) is 1. The van der Waals surface area contributed by atoms with Gasteiger partial charge in [-0.25, -0.2) is 0 Å². The van der Waals surface area contributed by atoms with E-state index in [2.05, 4.69) is 34.2 Å². The summed E-state index contributed by atoms with van der Waals surface area (Å²) in [7, 11) is 0. The molecule has 0 amide bonds. The minimum Gasteiger partial charge on any atom is -0.378 e. The molecule has 4 nitrogen and oxygen atoms in total. The van der Waals surface area contributed by atoms with Crippen LogP contribution in [-0.2, 0) is 11.2 Å². The SMILES string of the molecule is NC(=NCC1CCCc2ccccc21)N1CCOCC1. The summed E-state index contributed by atoms with van der Waals surface area (Å²) < 4.78 is 5.34. The molecule has 0 aromatic heterocycles. The first-order chi connectivity index (χ1) is 9.84. The Kier molecular flexibility index (Phi) is 4.21. The monoisotopic (exact) mass is 273 g/mol. The van der Waals surface area contributed by atoms with Crippen molar-refractivity contribution in [3.63, 3.8) is 0 Å². The Balaban J connectivity index is 1.66. The van der Waals surface area contributed by atoms with Gasteiger partial charge in [-0.2, -0.15) is 0 Å². The third-order valence-corrected chi connectivity index (χ3v) is 4.30. The summed E-state index contributed by atoms with van der Waals surface area (Å²) in [5.74, 6) is 1.20. The summed E-state index contributed by atoms with van der Waals surface area (Å²) in [5.41, 5.74) is 9.07. The molecule has 0 radical (unpaired) electrons. The van der Waals surface area contributed by atoms with E-state index in [0.29, 0.717) is 11.9 Å². The number of fused-ring (bicyclic) bond motifs is 1. The van der Waals surface area contributed by atoms with Gasteiger partial charge in [-0.3, -0.25) is 4.99 Å². The van der Waals surface area contributed by atoms with Crippen molar-refractivity contribution in [3.05, 3.63) is 35.4 Å². The van der Waals surface area contributed by atoms with Crippen molar-refractivity contribution in [2.75, 3.05) is 32.8 Å². The molecule has 1 heterocycles. The third kappa shape index (κ3) is 2.96. The van der Waals surface area contributed by atoms with Crippen LogP contribution in [0.2, 0.25) is 0 Å². The van der Waals surface area contributed by atoms with Crippen LogP contribution < -0.4 is 5.73 Å². The average molecular weight is 273 g/mol. The molecule has 108 valence electrons. The molecule has 1 fully saturated rings. The molecule has 1 aromatic carbocycles. The highest BCUT2D eigenvalue weighted by Crippen LogP contribution is 2.31. The maximum atomic E-state index is 6.11. The fraction of sp³-hybridized carbons (Fsp3) is 0.562. The van der Waals surface area contributed by atoms with E-state index in [-0.39, 0.29) is 0 Å². The third-order valence-electron chi connectivity index (χ3n) is 4.30. The Morgan fingerprint density at radius 1 is 1.30 bits per heavy atom. The molecule has 0 spiro atoms. The zero-order chi connectivity index (χ0) is 13.8. The molecule has 1 saturated heterocycles. The van der Waals surface area contributed by atoms with Gasteiger partial charge in [0.05, 0.1) is 13.2 Å². The smallest absolute Gasteiger partial charge is 0.191 e. The number of nitrogens with zero attached hydrogens (tertiary/aromatic N) is 2. The number of benzene rings is 1. The molecular formula is C16H23N3O. The highest BCUT2D eigenvalue weighted by atomic mass is 16.5. The zero-order valence-corrected chi connectivity index (χ0v) is 11.9. The predicted octanol–water partition coefficient (Wildman–Crippen LogP) is 1.75. The quantitative estimate of drug-likeness (QED) is 0.660. The van der Waals surface area contributed by atoms with Crippen molar-refractivity contribution in [3.8, 4) is 0 Å². The van der Waals surface area contributed by atoms with Gasteiger partial charge in [-0.1, -0.05) is 24.3 Å². The first-order valence-corrected chi connectivity index (χ1v) is 7.55. The maximum absolute atomic E-state index is 6.11. The Bertz CT molecular complexity index is 480. The molecule has 1 aliphatic heterocycles. The number of aliphatic imine (C=N–C) groups is 1. The van der Waals surface area contributed by atoms with Crippen LogP contribution in [0.4, 0.5) is 0 Å². The lowest BCUT2D eigenvalue weighted by Gasteiger charge is -2.28. The first kappa shape index (κ1) is 13.4. The topological polar surface area (TPSA) is 50.8 Å². The maximum Gasteiger partial charge on any atom is 0.191 e. The van der Waals surface area contributed by atoms with Crippen LogP contribution in [0.3, 0.4) is 0 Å². The fourth-order valence-corrected chi connectivity index (χ4v) is 3.14. The van der Waals surface area contributed by atoms with E-state index in [1.54, 1.807) is 0 Å². The summed E-state index contributed by atoms with van der Waals surface area (Å²) in [4.78, 5) is 6.76. The molecule has 3 rings (SSSR count). The van der Waals surface area contributed by atoms with Gasteiger partial charge in [-0.15, -0.1) is 0 Å². The van der Waals surface area contributed by atoms with Gasteiger partial charge in [0.1, 0.15) is 0 Å². The van der Waals surface area contributed by atoms with Crippen LogP contribution in [-0.4, -0.2) is 43.7 Å². The summed E-state index contributed by atoms with van der Waals surface area (Å²) in [6.45, 7) is 4.03. The number of hydrogen-bond donors (Lipinski definition) is 1. The van der Waals surface area contributed by atoms with E-state index in [1.165, 1.54) is 30.4 Å². The molecule has 0 saturated carbocycles. The van der Waals surface area contributed by atoms with Gasteiger partial charge in [0, 0.05) is 25.6 Å². The summed E-state index contributed by atoms with van der Waals surface area (Å²) >= 11 is 0. The largest absolute Gasteiger partial charge is 0.378 e. The minimum absolute atomic E-state index is 0.527. The Labute approximate surface area is 120 Å². The van der Waals surface area contributed by atoms with Gasteiger partial charge in [0.2, 0.25) is 0 Å². The lowest BCUT2D eigenvalue weighted by Crippen LogP contribution is -2.45. The number of morpholine rings is 1. The van der Waals surface area contributed by atoms with E-state index >= 15 is 0 Å². The van der Waals surface area contributed by atoms with E-state index in [1.807, 2.05) is 0 Å². The fourth-order valence-electron chi connectivity index (χ4n) is 3.14. The van der Waals surface area contributed by atoms with Crippen LogP contribution in [0.25, 0.3) is 0 Å². The first-order valence-electron chi connectivity index (χ1n) is 7.55. The van der Waals surface area contributed by atoms with Gasteiger partial charge in [0.25, 0.3) is 0 Å². The lowest BCUT2D eigenvalue weighted by molar-refractivity contribution is 0.0674. The van der Waals surface area contributed by atoms with Gasteiger partial charge >= 0.3 is 0 Å².